The fourth-order valence-electron chi connectivity index (χ4n) is 4.47. The van der Waals surface area contributed by atoms with Crippen LogP contribution < -0.4 is 5.32 Å². The van der Waals surface area contributed by atoms with Gasteiger partial charge in [0.05, 0.1) is 11.3 Å². The Morgan fingerprint density at radius 1 is 1.06 bits per heavy atom. The van der Waals surface area contributed by atoms with E-state index in [4.69, 9.17) is 4.42 Å². The number of carbonyl (C=O) groups excluding carboxylic acids is 2. The molecule has 0 atom stereocenters. The van der Waals surface area contributed by atoms with Gasteiger partial charge in [0.25, 0.3) is 5.91 Å². The number of aromatic nitrogens is 1. The summed E-state index contributed by atoms with van der Waals surface area (Å²) in [6, 6.07) is 18.2. The highest BCUT2D eigenvalue weighted by molar-refractivity contribution is 7.10. The molecule has 1 aliphatic heterocycles. The van der Waals surface area contributed by atoms with E-state index in [-0.39, 0.29) is 23.5 Å². The average Bonchev–Trinajstić information content (AvgIpc) is 3.61. The number of furan rings is 1. The first kappa shape index (κ1) is 23.8. The molecule has 36 heavy (non-hydrogen) atoms. The number of aryl methyl sites for hydroxylation is 1. The number of phenolic OH excluding ortho intramolecular Hbond substituents is 1. The van der Waals surface area contributed by atoms with Crippen molar-refractivity contribution in [3.05, 3.63) is 88.8 Å². The van der Waals surface area contributed by atoms with E-state index in [2.05, 4.69) is 10.3 Å². The number of anilines is 1. The van der Waals surface area contributed by atoms with Crippen LogP contribution in [0.15, 0.2) is 76.7 Å². The Hall–Kier alpha value is -3.91. The normalized spacial score (nSPS) is 14.1. The fourth-order valence-corrected chi connectivity index (χ4v) is 5.44. The lowest BCUT2D eigenvalue weighted by Crippen LogP contribution is -2.38. The maximum atomic E-state index is 13.0. The van der Waals surface area contributed by atoms with Crippen molar-refractivity contribution in [2.24, 2.45) is 0 Å². The van der Waals surface area contributed by atoms with Crippen molar-refractivity contribution in [3.8, 4) is 16.9 Å². The van der Waals surface area contributed by atoms with Gasteiger partial charge in [0.1, 0.15) is 17.2 Å². The molecule has 2 aromatic carbocycles. The second-order valence-electron chi connectivity index (χ2n) is 8.85. The van der Waals surface area contributed by atoms with Crippen molar-refractivity contribution in [1.82, 2.24) is 9.88 Å². The molecular weight excluding hydrogens is 474 g/mol. The topological polar surface area (TPSA) is 95.7 Å². The molecule has 2 N–H and O–H groups in total. The summed E-state index contributed by atoms with van der Waals surface area (Å²) < 4.78 is 5.32. The third-order valence-corrected chi connectivity index (χ3v) is 7.48. The number of carbonyl (C=O) groups is 2. The molecule has 1 fully saturated rings. The zero-order valence-electron chi connectivity index (χ0n) is 19.7. The molecule has 0 saturated carbocycles. The SMILES string of the molecule is O=C(Nc1ccccc1-c1ccc(O)cc1)c1csc(C2CCN(C(=O)CCc3ccco3)CC2)n1. The van der Waals surface area contributed by atoms with Crippen LogP contribution in [0.5, 0.6) is 5.75 Å². The van der Waals surface area contributed by atoms with Crippen molar-refractivity contribution >= 4 is 28.8 Å². The standard InChI is InChI=1S/C28H27N3O4S/c32-21-9-7-19(8-10-21)23-5-1-2-6-24(23)29-27(34)25-18-36-28(30-25)20-13-15-31(16-14-20)26(33)12-11-22-4-3-17-35-22/h1-10,17-18,20,32H,11-16H2,(H,29,34). The van der Waals surface area contributed by atoms with Crippen LogP contribution in [0.4, 0.5) is 5.69 Å². The van der Waals surface area contributed by atoms with Gasteiger partial charge >= 0.3 is 0 Å². The van der Waals surface area contributed by atoms with E-state index in [9.17, 15) is 14.7 Å². The molecule has 3 heterocycles. The van der Waals surface area contributed by atoms with Gasteiger partial charge in [0.2, 0.25) is 5.91 Å². The van der Waals surface area contributed by atoms with Crippen LogP contribution in [-0.2, 0) is 11.2 Å². The maximum Gasteiger partial charge on any atom is 0.275 e. The first-order valence-electron chi connectivity index (χ1n) is 12.0. The Labute approximate surface area is 213 Å². The molecule has 0 unspecified atom stereocenters. The maximum absolute atomic E-state index is 13.0. The minimum Gasteiger partial charge on any atom is -0.508 e. The number of nitrogens with one attached hydrogen (secondary N) is 1. The monoisotopic (exact) mass is 501 g/mol. The van der Waals surface area contributed by atoms with E-state index in [1.807, 2.05) is 53.4 Å². The van der Waals surface area contributed by atoms with Crippen molar-refractivity contribution in [1.29, 1.82) is 0 Å². The first-order chi connectivity index (χ1) is 17.6. The van der Waals surface area contributed by atoms with Crippen LogP contribution in [0.3, 0.4) is 0 Å². The zero-order chi connectivity index (χ0) is 24.9. The minimum absolute atomic E-state index is 0.149. The van der Waals surface area contributed by atoms with Gasteiger partial charge in [0, 0.05) is 48.5 Å². The van der Waals surface area contributed by atoms with Gasteiger partial charge in [-0.1, -0.05) is 30.3 Å². The van der Waals surface area contributed by atoms with E-state index < -0.39 is 0 Å². The quantitative estimate of drug-likeness (QED) is 0.339. The number of nitrogens with zero attached hydrogens (tertiary/aromatic N) is 2. The molecule has 0 spiro atoms. The fraction of sp³-hybridized carbons (Fsp3) is 0.250. The number of likely N-dealkylation sites (tertiary alicyclic amines) is 1. The number of hydrogen-bond acceptors (Lipinski definition) is 6. The van der Waals surface area contributed by atoms with Crippen molar-refractivity contribution < 1.29 is 19.1 Å². The average molecular weight is 502 g/mol. The number of rotatable bonds is 7. The third kappa shape index (κ3) is 5.49. The van der Waals surface area contributed by atoms with Gasteiger partial charge in [-0.2, -0.15) is 0 Å². The van der Waals surface area contributed by atoms with Crippen LogP contribution in [0.1, 0.15) is 46.4 Å². The Morgan fingerprint density at radius 2 is 1.83 bits per heavy atom. The van der Waals surface area contributed by atoms with Gasteiger partial charge in [-0.05, 0) is 48.7 Å². The number of para-hydroxylation sites is 1. The van der Waals surface area contributed by atoms with E-state index >= 15 is 0 Å². The van der Waals surface area contributed by atoms with Gasteiger partial charge in [-0.25, -0.2) is 4.98 Å². The summed E-state index contributed by atoms with van der Waals surface area (Å²) in [4.78, 5) is 32.1. The molecule has 0 aliphatic carbocycles. The Morgan fingerprint density at radius 3 is 2.58 bits per heavy atom. The van der Waals surface area contributed by atoms with Gasteiger partial charge in [-0.3, -0.25) is 9.59 Å². The number of hydrogen-bond donors (Lipinski definition) is 2. The lowest BCUT2D eigenvalue weighted by atomic mass is 9.97. The first-order valence-corrected chi connectivity index (χ1v) is 12.9. The smallest absolute Gasteiger partial charge is 0.275 e. The van der Waals surface area contributed by atoms with Crippen LogP contribution >= 0.6 is 11.3 Å². The van der Waals surface area contributed by atoms with Crippen molar-refractivity contribution in [2.75, 3.05) is 18.4 Å². The second-order valence-corrected chi connectivity index (χ2v) is 9.74. The number of benzene rings is 2. The Bertz CT molecular complexity index is 1320. The molecule has 5 rings (SSSR count). The highest BCUT2D eigenvalue weighted by atomic mass is 32.1. The molecule has 2 amide bonds. The van der Waals surface area contributed by atoms with Crippen molar-refractivity contribution in [3.63, 3.8) is 0 Å². The summed E-state index contributed by atoms with van der Waals surface area (Å²) in [5, 5.41) is 15.3. The van der Waals surface area contributed by atoms with E-state index in [0.29, 0.717) is 37.3 Å². The minimum atomic E-state index is -0.255. The predicted molar refractivity (Wildman–Crippen MR) is 139 cm³/mol. The molecular formula is C28H27N3O4S. The molecule has 1 aliphatic rings. The molecule has 7 nitrogen and oxygen atoms in total. The Balaban J connectivity index is 1.18. The summed E-state index contributed by atoms with van der Waals surface area (Å²) in [5.74, 6) is 1.16. The zero-order valence-corrected chi connectivity index (χ0v) is 20.5. The highest BCUT2D eigenvalue weighted by Gasteiger charge is 2.26. The summed E-state index contributed by atoms with van der Waals surface area (Å²) >= 11 is 1.50. The van der Waals surface area contributed by atoms with Crippen molar-refractivity contribution in [2.45, 2.75) is 31.6 Å². The van der Waals surface area contributed by atoms with Gasteiger partial charge in [-0.15, -0.1) is 11.3 Å². The van der Waals surface area contributed by atoms with E-state index in [1.54, 1.807) is 23.8 Å². The molecule has 8 heteroatoms. The predicted octanol–water partition coefficient (Wildman–Crippen LogP) is 5.70. The second kappa shape index (κ2) is 10.8. The van der Waals surface area contributed by atoms with E-state index in [1.165, 1.54) is 11.3 Å². The van der Waals surface area contributed by atoms with Crippen LogP contribution in [-0.4, -0.2) is 39.9 Å². The molecule has 0 bridgehead atoms. The number of thiazole rings is 1. The third-order valence-electron chi connectivity index (χ3n) is 6.47. The summed E-state index contributed by atoms with van der Waals surface area (Å²) in [7, 11) is 0. The van der Waals surface area contributed by atoms with E-state index in [0.717, 1.165) is 34.7 Å². The molecule has 0 radical (unpaired) electrons. The summed E-state index contributed by atoms with van der Waals surface area (Å²) in [6.45, 7) is 1.39. The van der Waals surface area contributed by atoms with Crippen LogP contribution in [0, 0.1) is 0 Å². The van der Waals surface area contributed by atoms with Gasteiger partial charge in [0.15, 0.2) is 0 Å². The number of aromatic hydroxyl groups is 1. The summed E-state index contributed by atoms with van der Waals surface area (Å²) in [6.07, 6.45) is 4.37. The lowest BCUT2D eigenvalue weighted by Gasteiger charge is -2.31. The van der Waals surface area contributed by atoms with Gasteiger partial charge < -0.3 is 19.7 Å². The highest BCUT2D eigenvalue weighted by Crippen LogP contribution is 2.32. The molecule has 2 aromatic heterocycles. The van der Waals surface area contributed by atoms with Crippen LogP contribution in [0.2, 0.25) is 0 Å². The molecule has 4 aromatic rings. The summed E-state index contributed by atoms with van der Waals surface area (Å²) in [5.41, 5.74) is 2.84. The number of piperidine rings is 1. The number of amides is 2. The number of phenols is 1. The van der Waals surface area contributed by atoms with Crippen LogP contribution in [0.25, 0.3) is 11.1 Å². The Kier molecular flexibility index (Phi) is 7.13. The molecule has 1 saturated heterocycles. The molecule has 184 valence electrons. The largest absolute Gasteiger partial charge is 0.508 e. The lowest BCUT2D eigenvalue weighted by molar-refractivity contribution is -0.132.